The second-order valence-electron chi connectivity index (χ2n) is 8.31. The molecule has 2 heterocycles. The Kier molecular flexibility index (Phi) is 7.19. The van der Waals surface area contributed by atoms with E-state index in [2.05, 4.69) is 27.3 Å². The van der Waals surface area contributed by atoms with Crippen LogP contribution in [0.25, 0.3) is 0 Å². The fourth-order valence-electron chi connectivity index (χ4n) is 4.16. The zero-order valence-corrected chi connectivity index (χ0v) is 19.4. The Labute approximate surface area is 194 Å². The normalized spacial score (nSPS) is 14.6. The van der Waals surface area contributed by atoms with Crippen LogP contribution in [0.1, 0.15) is 46.2 Å². The lowest BCUT2D eigenvalue weighted by Gasteiger charge is -2.31. The molecule has 7 nitrogen and oxygen atoms in total. The molecule has 1 amide bonds. The molecule has 1 saturated heterocycles. The minimum atomic E-state index is -0.211. The number of rotatable bonds is 7. The number of aromatic nitrogens is 2. The molecular weight excluding hydrogens is 416 g/mol. The summed E-state index contributed by atoms with van der Waals surface area (Å²) in [7, 11) is 3.31. The molecule has 0 aliphatic carbocycles. The summed E-state index contributed by atoms with van der Waals surface area (Å²) >= 11 is 0. The zero-order chi connectivity index (χ0) is 23.2. The molecule has 0 bridgehead atoms. The third kappa shape index (κ3) is 5.68. The number of nitrogens with one attached hydrogen (secondary N) is 1. The van der Waals surface area contributed by atoms with Crippen molar-refractivity contribution < 1.29 is 14.3 Å². The Morgan fingerprint density at radius 3 is 2.45 bits per heavy atom. The minimum Gasteiger partial charge on any atom is -0.497 e. The fourth-order valence-corrected chi connectivity index (χ4v) is 4.16. The van der Waals surface area contributed by atoms with E-state index in [1.54, 1.807) is 32.5 Å². The molecular formula is C26H30N4O3. The number of hydrogen-bond acceptors (Lipinski definition) is 6. The second-order valence-corrected chi connectivity index (χ2v) is 8.31. The van der Waals surface area contributed by atoms with E-state index in [-0.39, 0.29) is 5.91 Å². The van der Waals surface area contributed by atoms with Crippen molar-refractivity contribution in [2.75, 3.05) is 32.6 Å². The van der Waals surface area contributed by atoms with E-state index in [1.165, 1.54) is 5.56 Å². The molecule has 0 spiro atoms. The minimum absolute atomic E-state index is 0.211. The monoisotopic (exact) mass is 446 g/mol. The van der Waals surface area contributed by atoms with Crippen molar-refractivity contribution >= 4 is 11.6 Å². The third-order valence-electron chi connectivity index (χ3n) is 6.08. The van der Waals surface area contributed by atoms with Gasteiger partial charge in [-0.3, -0.25) is 9.69 Å². The van der Waals surface area contributed by atoms with Crippen molar-refractivity contribution in [2.45, 2.75) is 32.2 Å². The van der Waals surface area contributed by atoms with Gasteiger partial charge in [-0.25, -0.2) is 9.97 Å². The van der Waals surface area contributed by atoms with E-state index < -0.39 is 0 Å². The lowest BCUT2D eigenvalue weighted by Crippen LogP contribution is -2.33. The quantitative estimate of drug-likeness (QED) is 0.578. The Bertz CT molecular complexity index is 1090. The highest BCUT2D eigenvalue weighted by atomic mass is 16.5. The van der Waals surface area contributed by atoms with Gasteiger partial charge in [0.15, 0.2) is 0 Å². The maximum absolute atomic E-state index is 12.7. The van der Waals surface area contributed by atoms with Gasteiger partial charge in [-0.05, 0) is 74.8 Å². The van der Waals surface area contributed by atoms with E-state index in [1.807, 2.05) is 31.2 Å². The maximum atomic E-state index is 12.7. The number of methoxy groups -OCH3 is 2. The zero-order valence-electron chi connectivity index (χ0n) is 19.4. The van der Waals surface area contributed by atoms with Gasteiger partial charge in [0.2, 0.25) is 0 Å². The molecule has 1 aromatic heterocycles. The highest BCUT2D eigenvalue weighted by Gasteiger charge is 2.24. The van der Waals surface area contributed by atoms with Crippen LogP contribution in [0, 0.1) is 6.92 Å². The number of carbonyl (C=O) groups is 1. The molecule has 172 valence electrons. The summed E-state index contributed by atoms with van der Waals surface area (Å²) in [6, 6.07) is 15.5. The lowest BCUT2D eigenvalue weighted by atomic mass is 9.95. The van der Waals surface area contributed by atoms with E-state index in [0.29, 0.717) is 22.9 Å². The molecule has 4 rings (SSSR count). The largest absolute Gasteiger partial charge is 0.497 e. The van der Waals surface area contributed by atoms with Gasteiger partial charge in [0.25, 0.3) is 5.91 Å². The van der Waals surface area contributed by atoms with E-state index in [9.17, 15) is 4.79 Å². The molecule has 0 unspecified atom stereocenters. The van der Waals surface area contributed by atoms with Crippen molar-refractivity contribution in [1.29, 1.82) is 0 Å². The lowest BCUT2D eigenvalue weighted by molar-refractivity contribution is 0.102. The molecule has 1 aliphatic heterocycles. The van der Waals surface area contributed by atoms with Gasteiger partial charge in [0.1, 0.15) is 17.3 Å². The summed E-state index contributed by atoms with van der Waals surface area (Å²) in [6.07, 6.45) is 3.65. The van der Waals surface area contributed by atoms with Crippen LogP contribution in [-0.4, -0.2) is 48.1 Å². The first kappa shape index (κ1) is 22.7. The number of piperidine rings is 1. The first-order valence-electron chi connectivity index (χ1n) is 11.2. The molecule has 2 aromatic carbocycles. The predicted molar refractivity (Wildman–Crippen MR) is 128 cm³/mol. The van der Waals surface area contributed by atoms with Crippen LogP contribution >= 0.6 is 0 Å². The first-order chi connectivity index (χ1) is 16.1. The molecule has 3 aromatic rings. The van der Waals surface area contributed by atoms with Crippen LogP contribution in [0.15, 0.2) is 54.7 Å². The molecule has 0 saturated carbocycles. The van der Waals surface area contributed by atoms with Crippen molar-refractivity contribution in [3.8, 4) is 11.5 Å². The Balaban J connectivity index is 1.34. The molecule has 1 N–H and O–H groups in total. The summed E-state index contributed by atoms with van der Waals surface area (Å²) in [5, 5.41) is 2.90. The number of likely N-dealkylation sites (tertiary alicyclic amines) is 1. The van der Waals surface area contributed by atoms with Gasteiger partial charge >= 0.3 is 0 Å². The highest BCUT2D eigenvalue weighted by Crippen LogP contribution is 2.27. The number of aryl methyl sites for hydroxylation is 1. The average Bonchev–Trinajstić information content (AvgIpc) is 2.85. The topological polar surface area (TPSA) is 76.6 Å². The summed E-state index contributed by atoms with van der Waals surface area (Å²) in [4.78, 5) is 24.4. The van der Waals surface area contributed by atoms with E-state index in [0.717, 1.165) is 49.8 Å². The van der Waals surface area contributed by atoms with Gasteiger partial charge in [-0.1, -0.05) is 12.1 Å². The highest BCUT2D eigenvalue weighted by molar-refractivity contribution is 6.04. The second kappa shape index (κ2) is 10.4. The van der Waals surface area contributed by atoms with Gasteiger partial charge < -0.3 is 14.8 Å². The van der Waals surface area contributed by atoms with Crippen LogP contribution in [0.4, 0.5) is 5.69 Å². The van der Waals surface area contributed by atoms with Crippen molar-refractivity contribution in [2.24, 2.45) is 0 Å². The first-order valence-corrected chi connectivity index (χ1v) is 11.2. The van der Waals surface area contributed by atoms with E-state index >= 15 is 0 Å². The van der Waals surface area contributed by atoms with Crippen LogP contribution < -0.4 is 14.8 Å². The predicted octanol–water partition coefficient (Wildman–Crippen LogP) is 4.43. The van der Waals surface area contributed by atoms with Crippen LogP contribution in [0.5, 0.6) is 11.5 Å². The average molecular weight is 447 g/mol. The number of ether oxygens (including phenoxy) is 2. The molecule has 0 radical (unpaired) electrons. The molecule has 1 aliphatic rings. The van der Waals surface area contributed by atoms with Crippen molar-refractivity contribution in [1.82, 2.24) is 14.9 Å². The van der Waals surface area contributed by atoms with Crippen molar-refractivity contribution in [3.05, 3.63) is 77.4 Å². The third-order valence-corrected chi connectivity index (χ3v) is 6.08. The molecule has 0 atom stereocenters. The molecule has 7 heteroatoms. The van der Waals surface area contributed by atoms with Gasteiger partial charge in [0, 0.05) is 24.3 Å². The Morgan fingerprint density at radius 1 is 1.06 bits per heavy atom. The number of carbonyl (C=O) groups excluding carboxylic acids is 1. The SMILES string of the molecule is COc1ccc(NC(=O)c2cnc(C3CCN(Cc4cccc(OC)c4)CC3)nc2C)cc1. The smallest absolute Gasteiger partial charge is 0.259 e. The number of nitrogens with zero attached hydrogens (tertiary/aromatic N) is 3. The molecule has 1 fully saturated rings. The number of hydrogen-bond donors (Lipinski definition) is 1. The van der Waals surface area contributed by atoms with Crippen molar-refractivity contribution in [3.63, 3.8) is 0 Å². The summed E-state index contributed by atoms with van der Waals surface area (Å²) in [5.41, 5.74) is 3.15. The van der Waals surface area contributed by atoms with E-state index in [4.69, 9.17) is 14.5 Å². The summed E-state index contributed by atoms with van der Waals surface area (Å²) < 4.78 is 10.5. The van der Waals surface area contributed by atoms with Crippen LogP contribution in [0.3, 0.4) is 0 Å². The maximum Gasteiger partial charge on any atom is 0.259 e. The standard InChI is InChI=1S/C26H30N4O3/c1-18-24(26(31)29-21-7-9-22(32-2)10-8-21)16-27-25(28-18)20-11-13-30(14-12-20)17-19-5-4-6-23(15-19)33-3/h4-10,15-16,20H,11-14,17H2,1-3H3,(H,29,31). The van der Waals surface area contributed by atoms with Gasteiger partial charge in [0.05, 0.1) is 25.5 Å². The van der Waals surface area contributed by atoms with Gasteiger partial charge in [-0.15, -0.1) is 0 Å². The summed E-state index contributed by atoms with van der Waals surface area (Å²) in [6.45, 7) is 4.76. The fraction of sp³-hybridized carbons (Fsp3) is 0.346. The number of benzene rings is 2. The molecule has 33 heavy (non-hydrogen) atoms. The van der Waals surface area contributed by atoms with Gasteiger partial charge in [-0.2, -0.15) is 0 Å². The number of anilines is 1. The summed E-state index contributed by atoms with van der Waals surface area (Å²) in [5.74, 6) is 2.56. The Hall–Kier alpha value is -3.45. The Morgan fingerprint density at radius 2 is 1.79 bits per heavy atom. The number of amides is 1. The van der Waals surface area contributed by atoms with Crippen LogP contribution in [0.2, 0.25) is 0 Å². The van der Waals surface area contributed by atoms with Crippen LogP contribution in [-0.2, 0) is 6.54 Å².